The van der Waals surface area contributed by atoms with Gasteiger partial charge in [-0.1, -0.05) is 97.8 Å². The van der Waals surface area contributed by atoms with E-state index in [1.807, 2.05) is 0 Å². The first-order valence-corrected chi connectivity index (χ1v) is 13.8. The second-order valence-corrected chi connectivity index (χ2v) is 9.22. The molecule has 0 radical (unpaired) electrons. The van der Waals surface area contributed by atoms with Gasteiger partial charge in [0, 0.05) is 19.3 Å². The lowest BCUT2D eigenvalue weighted by molar-refractivity contribution is -0.366. The van der Waals surface area contributed by atoms with Crippen LogP contribution in [-0.2, 0) is 28.6 Å². The molecule has 206 valence electrons. The molecular formula is C27H50O8. The van der Waals surface area contributed by atoms with Crippen molar-refractivity contribution >= 4 is 17.9 Å². The van der Waals surface area contributed by atoms with Crippen LogP contribution in [0.4, 0.5) is 0 Å². The molecule has 0 saturated heterocycles. The summed E-state index contributed by atoms with van der Waals surface area (Å²) >= 11 is 0. The highest BCUT2D eigenvalue weighted by Gasteiger charge is 2.50. The minimum Gasteiger partial charge on any atom is -0.393 e. The number of carbonyl (C=O) groups is 3. The molecule has 0 heterocycles. The molecule has 0 rings (SSSR count). The zero-order valence-electron chi connectivity index (χ0n) is 22.4. The smallest absolute Gasteiger partial charge is 0.393 e. The lowest BCUT2D eigenvalue weighted by Crippen LogP contribution is -2.55. The predicted molar refractivity (Wildman–Crippen MR) is 134 cm³/mol. The fourth-order valence-electron chi connectivity index (χ4n) is 3.63. The Hall–Kier alpha value is -1.67. The number of aliphatic hydroxyl groups excluding tert-OH is 2. The van der Waals surface area contributed by atoms with E-state index in [-0.39, 0.29) is 19.3 Å². The summed E-state index contributed by atoms with van der Waals surface area (Å²) in [4.78, 5) is 37.6. The largest absolute Gasteiger partial charge is 0.453 e. The molecule has 1 atom stereocenters. The summed E-state index contributed by atoms with van der Waals surface area (Å²) in [6, 6.07) is 0. The molecule has 2 N–H and O–H groups in total. The summed E-state index contributed by atoms with van der Waals surface area (Å²) in [6.07, 6.45) is 11.6. The normalized spacial score (nSPS) is 12.3. The van der Waals surface area contributed by atoms with Gasteiger partial charge in [-0.05, 0) is 19.3 Å². The van der Waals surface area contributed by atoms with Crippen LogP contribution in [0.3, 0.4) is 0 Å². The number of ether oxygens (including phenoxy) is 3. The Morgan fingerprint density at radius 2 is 0.857 bits per heavy atom. The van der Waals surface area contributed by atoms with Crippen LogP contribution in [0.1, 0.15) is 136 Å². The Morgan fingerprint density at radius 1 is 0.571 bits per heavy atom. The Bertz CT molecular complexity index is 494. The van der Waals surface area contributed by atoms with Crippen LogP contribution in [0.15, 0.2) is 0 Å². The second-order valence-electron chi connectivity index (χ2n) is 9.22. The highest BCUT2D eigenvalue weighted by atomic mass is 16.9. The SMILES string of the molecule is CCCCCCCC(=O)OC(OC(=O)CCCCCCC)(OC(=O)CCCCCCC)C(O)CO. The number of unbranched alkanes of at least 4 members (excludes halogenated alkanes) is 12. The Labute approximate surface area is 212 Å². The van der Waals surface area contributed by atoms with Crippen LogP contribution in [-0.4, -0.2) is 46.8 Å². The quantitative estimate of drug-likeness (QED) is 0.104. The van der Waals surface area contributed by atoms with Gasteiger partial charge < -0.3 is 24.4 Å². The van der Waals surface area contributed by atoms with Gasteiger partial charge in [-0.15, -0.1) is 0 Å². The maximum absolute atomic E-state index is 12.5. The van der Waals surface area contributed by atoms with Crippen LogP contribution >= 0.6 is 0 Å². The molecule has 0 aliphatic heterocycles. The molecule has 0 aliphatic rings. The van der Waals surface area contributed by atoms with Gasteiger partial charge in [0.05, 0.1) is 6.61 Å². The number of hydrogen-bond acceptors (Lipinski definition) is 8. The summed E-state index contributed by atoms with van der Waals surface area (Å²) in [5.74, 6) is -4.97. The van der Waals surface area contributed by atoms with E-state index >= 15 is 0 Å². The van der Waals surface area contributed by atoms with Crippen LogP contribution < -0.4 is 0 Å². The minimum atomic E-state index is -2.68. The van der Waals surface area contributed by atoms with E-state index < -0.39 is 36.6 Å². The molecule has 0 saturated carbocycles. The lowest BCUT2D eigenvalue weighted by Gasteiger charge is -2.34. The van der Waals surface area contributed by atoms with Crippen LogP contribution in [0, 0.1) is 0 Å². The lowest BCUT2D eigenvalue weighted by atomic mass is 10.1. The molecule has 0 aromatic rings. The fourth-order valence-corrected chi connectivity index (χ4v) is 3.63. The summed E-state index contributed by atoms with van der Waals surface area (Å²) < 4.78 is 15.9. The van der Waals surface area contributed by atoms with Crippen molar-refractivity contribution in [3.05, 3.63) is 0 Å². The molecule has 0 spiro atoms. The molecule has 0 aromatic carbocycles. The zero-order valence-corrected chi connectivity index (χ0v) is 22.4. The van der Waals surface area contributed by atoms with E-state index in [0.717, 1.165) is 77.0 Å². The van der Waals surface area contributed by atoms with Crippen molar-refractivity contribution in [1.82, 2.24) is 0 Å². The highest BCUT2D eigenvalue weighted by Crippen LogP contribution is 2.25. The van der Waals surface area contributed by atoms with Crippen molar-refractivity contribution in [2.45, 2.75) is 148 Å². The van der Waals surface area contributed by atoms with Gasteiger partial charge in [0.15, 0.2) is 6.10 Å². The fraction of sp³-hybridized carbons (Fsp3) is 0.889. The maximum Gasteiger partial charge on any atom is 0.453 e. The molecule has 1 unspecified atom stereocenters. The molecule has 8 heteroatoms. The van der Waals surface area contributed by atoms with Gasteiger partial charge in [-0.3, -0.25) is 14.4 Å². The third-order valence-electron chi connectivity index (χ3n) is 5.80. The van der Waals surface area contributed by atoms with Crippen molar-refractivity contribution < 1.29 is 38.8 Å². The van der Waals surface area contributed by atoms with Crippen LogP contribution in [0.5, 0.6) is 0 Å². The number of hydrogen-bond donors (Lipinski definition) is 2. The van der Waals surface area contributed by atoms with Crippen molar-refractivity contribution in [2.24, 2.45) is 0 Å². The molecule has 0 bridgehead atoms. The molecule has 0 amide bonds. The number of carbonyl (C=O) groups excluding carboxylic acids is 3. The predicted octanol–water partition coefficient (Wildman–Crippen LogP) is 5.70. The maximum atomic E-state index is 12.5. The van der Waals surface area contributed by atoms with E-state index in [1.54, 1.807) is 0 Å². The van der Waals surface area contributed by atoms with Gasteiger partial charge in [-0.25, -0.2) is 0 Å². The van der Waals surface area contributed by atoms with E-state index in [1.165, 1.54) is 0 Å². The zero-order chi connectivity index (χ0) is 26.4. The van der Waals surface area contributed by atoms with E-state index in [2.05, 4.69) is 20.8 Å². The Morgan fingerprint density at radius 3 is 1.11 bits per heavy atom. The summed E-state index contributed by atoms with van der Waals surface area (Å²) in [5.41, 5.74) is 0. The topological polar surface area (TPSA) is 119 Å². The first-order chi connectivity index (χ1) is 16.8. The van der Waals surface area contributed by atoms with E-state index in [0.29, 0.717) is 19.3 Å². The number of rotatable bonds is 23. The van der Waals surface area contributed by atoms with Crippen molar-refractivity contribution in [3.63, 3.8) is 0 Å². The number of aliphatic hydroxyl groups is 2. The average molecular weight is 503 g/mol. The molecule has 8 nitrogen and oxygen atoms in total. The Kier molecular flexibility index (Phi) is 20.6. The standard InChI is InChI=1S/C27H50O8/c1-4-7-10-13-16-19-24(30)33-27(23(29)22-28,34-25(31)20-17-14-11-8-5-2)35-26(32)21-18-15-12-9-6-3/h23,28-29H,4-22H2,1-3H3. The minimum absolute atomic E-state index is 0.0206. The molecule has 0 fully saturated rings. The first kappa shape index (κ1) is 33.3. The third kappa shape index (κ3) is 16.6. The van der Waals surface area contributed by atoms with E-state index in [4.69, 9.17) is 14.2 Å². The highest BCUT2D eigenvalue weighted by molar-refractivity contribution is 5.74. The molecule has 35 heavy (non-hydrogen) atoms. The van der Waals surface area contributed by atoms with Gasteiger partial charge in [0.25, 0.3) is 0 Å². The van der Waals surface area contributed by atoms with Gasteiger partial charge in [-0.2, -0.15) is 0 Å². The number of esters is 3. The first-order valence-electron chi connectivity index (χ1n) is 13.8. The summed E-state index contributed by atoms with van der Waals surface area (Å²) in [5, 5.41) is 20.1. The monoisotopic (exact) mass is 502 g/mol. The summed E-state index contributed by atoms with van der Waals surface area (Å²) in [6.45, 7) is 5.36. The van der Waals surface area contributed by atoms with Gasteiger partial charge >= 0.3 is 23.9 Å². The summed E-state index contributed by atoms with van der Waals surface area (Å²) in [7, 11) is 0. The van der Waals surface area contributed by atoms with Gasteiger partial charge in [0.2, 0.25) is 0 Å². The molecular weight excluding hydrogens is 452 g/mol. The van der Waals surface area contributed by atoms with Gasteiger partial charge in [0.1, 0.15) is 0 Å². The van der Waals surface area contributed by atoms with Crippen LogP contribution in [0.2, 0.25) is 0 Å². The molecule has 0 aromatic heterocycles. The van der Waals surface area contributed by atoms with E-state index in [9.17, 15) is 24.6 Å². The third-order valence-corrected chi connectivity index (χ3v) is 5.80. The molecule has 0 aliphatic carbocycles. The average Bonchev–Trinajstić information content (AvgIpc) is 2.82. The van der Waals surface area contributed by atoms with Crippen molar-refractivity contribution in [3.8, 4) is 0 Å². The van der Waals surface area contributed by atoms with Crippen LogP contribution in [0.25, 0.3) is 0 Å². The Balaban J connectivity index is 5.25. The van der Waals surface area contributed by atoms with Crippen molar-refractivity contribution in [1.29, 1.82) is 0 Å². The second kappa shape index (κ2) is 21.6. The van der Waals surface area contributed by atoms with Crippen molar-refractivity contribution in [2.75, 3.05) is 6.61 Å².